The Morgan fingerprint density at radius 3 is 3.00 bits per heavy atom. The van der Waals surface area contributed by atoms with Gasteiger partial charge in [-0.05, 0) is 35.9 Å². The van der Waals surface area contributed by atoms with Gasteiger partial charge in [-0.2, -0.15) is 0 Å². The molecule has 0 unspecified atom stereocenters. The molecule has 2 heterocycles. The van der Waals surface area contributed by atoms with Gasteiger partial charge in [0.15, 0.2) is 0 Å². The molecule has 0 saturated carbocycles. The van der Waals surface area contributed by atoms with Crippen molar-refractivity contribution >= 4 is 34.7 Å². The second kappa shape index (κ2) is 6.53. The number of nitrogens with two attached hydrogens (primary N) is 1. The van der Waals surface area contributed by atoms with Crippen LogP contribution in [0.1, 0.15) is 20.9 Å². The molecule has 1 amide bonds. The number of thiophene rings is 1. The Kier molecular flexibility index (Phi) is 4.74. The van der Waals surface area contributed by atoms with E-state index in [4.69, 9.17) is 17.3 Å². The fraction of sp³-hybridized carbons (Fsp3) is 0.143. The number of halogens is 1. The van der Waals surface area contributed by atoms with Gasteiger partial charge >= 0.3 is 0 Å². The van der Waals surface area contributed by atoms with Crippen LogP contribution in [0.3, 0.4) is 0 Å². The van der Waals surface area contributed by atoms with Crippen molar-refractivity contribution in [3.63, 3.8) is 0 Å². The molecule has 0 atom stereocenters. The summed E-state index contributed by atoms with van der Waals surface area (Å²) in [6.45, 7) is 2.12. The van der Waals surface area contributed by atoms with E-state index < -0.39 is 0 Å². The van der Waals surface area contributed by atoms with Gasteiger partial charge in [0, 0.05) is 0 Å². The minimum atomic E-state index is -0.274. The van der Waals surface area contributed by atoms with Crippen LogP contribution >= 0.6 is 22.9 Å². The molecule has 6 heteroatoms. The zero-order valence-electron chi connectivity index (χ0n) is 10.7. The van der Waals surface area contributed by atoms with Crippen LogP contribution in [0.2, 0.25) is 5.02 Å². The Hall–Kier alpha value is -1.87. The van der Waals surface area contributed by atoms with Crippen molar-refractivity contribution in [2.45, 2.75) is 6.92 Å². The summed E-state index contributed by atoms with van der Waals surface area (Å²) in [7, 11) is 0. The molecule has 102 valence electrons. The smallest absolute Gasteiger partial charge is 0.268 e. The topological polar surface area (TPSA) is 68.0 Å². The number of nitrogens with zero attached hydrogens (tertiary/aromatic N) is 1. The van der Waals surface area contributed by atoms with Gasteiger partial charge in [-0.1, -0.05) is 23.6 Å². The molecule has 0 fully saturated rings. The summed E-state index contributed by atoms with van der Waals surface area (Å²) in [4.78, 5) is 16.8. The van der Waals surface area contributed by atoms with Gasteiger partial charge in [-0.25, -0.2) is 4.98 Å². The molecule has 0 aliphatic rings. The first-order valence-electron chi connectivity index (χ1n) is 5.82. The largest absolute Gasteiger partial charge is 0.320 e. The van der Waals surface area contributed by atoms with Crippen LogP contribution in [0, 0.1) is 18.8 Å². The molecule has 0 spiro atoms. The van der Waals surface area contributed by atoms with E-state index in [0.717, 1.165) is 5.56 Å². The average Bonchev–Trinajstić information content (AvgIpc) is 2.77. The van der Waals surface area contributed by atoms with Crippen molar-refractivity contribution in [3.05, 3.63) is 44.7 Å². The summed E-state index contributed by atoms with van der Waals surface area (Å²) >= 11 is 7.37. The number of carbonyl (C=O) groups excluding carboxylic acids is 1. The van der Waals surface area contributed by atoms with Crippen LogP contribution < -0.4 is 11.1 Å². The standard InChI is InChI=1S/C14H12ClN3OS/c1-9-8-20-13(12(9)15)14(19)18-11-6-2-4-10(17-11)5-3-7-16/h2,4,6,8H,7,16H2,1H3,(H,17,18,19). The lowest BCUT2D eigenvalue weighted by Gasteiger charge is -2.03. The molecule has 0 bridgehead atoms. The highest BCUT2D eigenvalue weighted by atomic mass is 35.5. The lowest BCUT2D eigenvalue weighted by atomic mass is 10.3. The summed E-state index contributed by atoms with van der Waals surface area (Å²) in [6.07, 6.45) is 0. The van der Waals surface area contributed by atoms with E-state index in [-0.39, 0.29) is 12.5 Å². The number of carbonyl (C=O) groups is 1. The molecule has 2 aromatic heterocycles. The van der Waals surface area contributed by atoms with E-state index in [1.807, 2.05) is 12.3 Å². The molecular formula is C14H12ClN3OS. The summed E-state index contributed by atoms with van der Waals surface area (Å²) in [5.41, 5.74) is 6.75. The highest BCUT2D eigenvalue weighted by Gasteiger charge is 2.15. The Morgan fingerprint density at radius 2 is 2.35 bits per heavy atom. The first-order valence-corrected chi connectivity index (χ1v) is 7.08. The fourth-order valence-corrected chi connectivity index (χ4v) is 2.65. The maximum absolute atomic E-state index is 12.1. The minimum Gasteiger partial charge on any atom is -0.320 e. The first-order chi connectivity index (χ1) is 9.61. The van der Waals surface area contributed by atoms with Crippen LogP contribution in [0.15, 0.2) is 23.6 Å². The van der Waals surface area contributed by atoms with Gasteiger partial charge < -0.3 is 11.1 Å². The van der Waals surface area contributed by atoms with Crippen molar-refractivity contribution in [3.8, 4) is 11.8 Å². The van der Waals surface area contributed by atoms with E-state index in [2.05, 4.69) is 22.1 Å². The van der Waals surface area contributed by atoms with E-state index in [9.17, 15) is 4.79 Å². The van der Waals surface area contributed by atoms with Crippen LogP contribution in [0.25, 0.3) is 0 Å². The molecular weight excluding hydrogens is 294 g/mol. The van der Waals surface area contributed by atoms with Crippen LogP contribution in [0.4, 0.5) is 5.82 Å². The third kappa shape index (κ3) is 3.36. The summed E-state index contributed by atoms with van der Waals surface area (Å²) < 4.78 is 0. The number of aromatic nitrogens is 1. The molecule has 20 heavy (non-hydrogen) atoms. The van der Waals surface area contributed by atoms with Gasteiger partial charge in [0.25, 0.3) is 5.91 Å². The van der Waals surface area contributed by atoms with Crippen LogP contribution in [-0.2, 0) is 0 Å². The third-order valence-electron chi connectivity index (χ3n) is 2.41. The van der Waals surface area contributed by atoms with Crippen molar-refractivity contribution < 1.29 is 4.79 Å². The van der Waals surface area contributed by atoms with E-state index in [1.54, 1.807) is 18.2 Å². The van der Waals surface area contributed by atoms with Gasteiger partial charge in [0.2, 0.25) is 0 Å². The van der Waals surface area contributed by atoms with Gasteiger partial charge in [0.05, 0.1) is 11.6 Å². The Morgan fingerprint density at radius 1 is 1.55 bits per heavy atom. The predicted molar refractivity (Wildman–Crippen MR) is 82.2 cm³/mol. The number of aryl methyl sites for hydroxylation is 1. The lowest BCUT2D eigenvalue weighted by molar-refractivity contribution is 0.103. The molecule has 0 aliphatic carbocycles. The molecule has 0 saturated heterocycles. The van der Waals surface area contributed by atoms with E-state index in [0.29, 0.717) is 21.4 Å². The van der Waals surface area contributed by atoms with Gasteiger partial charge in [-0.15, -0.1) is 11.3 Å². The number of hydrogen-bond donors (Lipinski definition) is 2. The molecule has 2 aromatic rings. The van der Waals surface area contributed by atoms with Crippen LogP contribution in [-0.4, -0.2) is 17.4 Å². The molecule has 2 rings (SSSR count). The number of pyridine rings is 1. The van der Waals surface area contributed by atoms with Gasteiger partial charge in [-0.3, -0.25) is 4.79 Å². The molecule has 0 aliphatic heterocycles. The second-order valence-electron chi connectivity index (χ2n) is 3.93. The van der Waals surface area contributed by atoms with Crippen molar-refractivity contribution in [1.29, 1.82) is 0 Å². The number of nitrogens with one attached hydrogen (secondary N) is 1. The van der Waals surface area contributed by atoms with Crippen LogP contribution in [0.5, 0.6) is 0 Å². The SMILES string of the molecule is Cc1csc(C(=O)Nc2cccc(C#CCN)n2)c1Cl. The highest BCUT2D eigenvalue weighted by molar-refractivity contribution is 7.13. The number of amides is 1. The Balaban J connectivity index is 2.18. The number of anilines is 1. The Bertz CT molecular complexity index is 700. The minimum absolute atomic E-state index is 0.266. The van der Waals surface area contributed by atoms with Crippen molar-refractivity contribution in [2.24, 2.45) is 5.73 Å². The first kappa shape index (κ1) is 14.5. The van der Waals surface area contributed by atoms with Gasteiger partial charge in [0.1, 0.15) is 16.4 Å². The molecule has 0 radical (unpaired) electrons. The average molecular weight is 306 g/mol. The highest BCUT2D eigenvalue weighted by Crippen LogP contribution is 2.27. The summed E-state index contributed by atoms with van der Waals surface area (Å²) in [5.74, 6) is 5.68. The maximum Gasteiger partial charge on any atom is 0.268 e. The molecule has 3 N–H and O–H groups in total. The predicted octanol–water partition coefficient (Wildman–Crippen LogP) is 2.67. The zero-order chi connectivity index (χ0) is 14.5. The maximum atomic E-state index is 12.1. The zero-order valence-corrected chi connectivity index (χ0v) is 12.3. The monoisotopic (exact) mass is 305 g/mol. The Labute approximate surface area is 126 Å². The molecule has 0 aromatic carbocycles. The van der Waals surface area contributed by atoms with E-state index >= 15 is 0 Å². The third-order valence-corrected chi connectivity index (χ3v) is 4.11. The van der Waals surface area contributed by atoms with Crippen molar-refractivity contribution in [1.82, 2.24) is 4.98 Å². The quantitative estimate of drug-likeness (QED) is 0.838. The van der Waals surface area contributed by atoms with Crippen molar-refractivity contribution in [2.75, 3.05) is 11.9 Å². The lowest BCUT2D eigenvalue weighted by Crippen LogP contribution is -2.12. The fourth-order valence-electron chi connectivity index (χ4n) is 1.47. The van der Waals surface area contributed by atoms with E-state index in [1.165, 1.54) is 11.3 Å². The normalized spacial score (nSPS) is 9.75. The number of rotatable bonds is 2. The second-order valence-corrected chi connectivity index (χ2v) is 5.19. The molecule has 4 nitrogen and oxygen atoms in total. The number of hydrogen-bond acceptors (Lipinski definition) is 4. The summed E-state index contributed by atoms with van der Waals surface area (Å²) in [6, 6.07) is 5.21. The summed E-state index contributed by atoms with van der Waals surface area (Å²) in [5, 5.41) is 5.03.